The first kappa shape index (κ1) is 37.7. The van der Waals surface area contributed by atoms with Gasteiger partial charge in [-0.25, -0.2) is 14.4 Å². The SMILES string of the molecule is C/C=C(\C)C(=O)O[C@H]1C(C)(C)[C@H]([C@@H](OC(C)=O)C(=O)OC)[C@@]2(C)[C@H]3CC[C@]4(C)C(=CC(=O)O[C@H]4c4ccoc4)[C@]34O[C@@]2(O)[C@@]1(O)[C@H]4OC(=O)C(C)C. The number of carbonyl (C=O) groups excluding carboxylic acids is 5. The standard InChI is InChI=1S/C38H48O14/c1-11-19(4)29(42)51-31-33(6,7)26(25(30(43)46-10)48-20(5)39)35(9)22-12-14-34(8)23(16-24(40)49-27(34)21-13-15-47-17-21)36(22)32(50-28(41)18(2)3)37(31,44)38(35,45)52-36/h11,13,15-18,22,25-27,31-32,44-45H,12,14H2,1-10H3/b19-11+/t22-,25-,26+,27+,31+,32+,34-,35-,36-,37+,38-/m1/s1. The van der Waals surface area contributed by atoms with E-state index in [0.29, 0.717) is 12.0 Å². The average Bonchev–Trinajstić information content (AvgIpc) is 3.73. The van der Waals surface area contributed by atoms with Crippen molar-refractivity contribution in [3.8, 4) is 0 Å². The van der Waals surface area contributed by atoms with Gasteiger partial charge in [0.25, 0.3) is 0 Å². The van der Waals surface area contributed by atoms with E-state index in [-0.39, 0.29) is 17.6 Å². The van der Waals surface area contributed by atoms with Crippen LogP contribution in [0, 0.1) is 34.0 Å². The molecule has 4 fully saturated rings. The highest BCUT2D eigenvalue weighted by atomic mass is 16.7. The lowest BCUT2D eigenvalue weighted by Gasteiger charge is -2.69. The molecular formula is C38H48O14. The van der Waals surface area contributed by atoms with Gasteiger partial charge in [0.2, 0.25) is 11.9 Å². The Balaban J connectivity index is 1.71. The van der Waals surface area contributed by atoms with Gasteiger partial charge in [0.15, 0.2) is 11.7 Å². The highest BCUT2D eigenvalue weighted by Crippen LogP contribution is 2.82. The van der Waals surface area contributed by atoms with Crippen molar-refractivity contribution in [2.45, 2.75) is 117 Å². The Kier molecular flexibility index (Phi) is 8.71. The van der Waals surface area contributed by atoms with E-state index in [1.807, 2.05) is 6.92 Å². The van der Waals surface area contributed by atoms with Gasteiger partial charge in [0.05, 0.1) is 25.6 Å². The van der Waals surface area contributed by atoms with Crippen LogP contribution in [-0.4, -0.2) is 82.5 Å². The van der Waals surface area contributed by atoms with Crippen LogP contribution in [0.4, 0.5) is 0 Å². The Morgan fingerprint density at radius 2 is 1.69 bits per heavy atom. The highest BCUT2D eigenvalue weighted by molar-refractivity contribution is 5.88. The number of hydrogen-bond donors (Lipinski definition) is 2. The van der Waals surface area contributed by atoms with E-state index in [0.717, 1.165) is 14.0 Å². The number of furan rings is 1. The molecule has 0 aromatic carbocycles. The van der Waals surface area contributed by atoms with Gasteiger partial charge in [-0.2, -0.15) is 0 Å². The number of fused-ring (bicyclic) bond motifs is 2. The third-order valence-electron chi connectivity index (χ3n) is 12.8. The lowest BCUT2D eigenvalue weighted by molar-refractivity contribution is -0.391. The summed E-state index contributed by atoms with van der Waals surface area (Å²) >= 11 is 0. The van der Waals surface area contributed by atoms with Crippen molar-refractivity contribution in [2.24, 2.45) is 34.0 Å². The molecule has 11 atom stereocenters. The van der Waals surface area contributed by atoms with Crippen molar-refractivity contribution in [2.75, 3.05) is 7.11 Å². The van der Waals surface area contributed by atoms with Gasteiger partial charge in [-0.05, 0) is 38.3 Å². The van der Waals surface area contributed by atoms with Crippen molar-refractivity contribution < 1.29 is 67.0 Å². The molecule has 5 aliphatic rings. The van der Waals surface area contributed by atoms with Crippen LogP contribution in [0.2, 0.25) is 0 Å². The van der Waals surface area contributed by atoms with Gasteiger partial charge in [-0.1, -0.05) is 47.6 Å². The summed E-state index contributed by atoms with van der Waals surface area (Å²) in [6.45, 7) is 14.1. The summed E-state index contributed by atoms with van der Waals surface area (Å²) in [5, 5.41) is 26.9. The minimum Gasteiger partial charge on any atom is -0.472 e. The van der Waals surface area contributed by atoms with Gasteiger partial charge in [0.1, 0.15) is 17.8 Å². The van der Waals surface area contributed by atoms with Crippen LogP contribution in [0.25, 0.3) is 0 Å². The molecule has 14 nitrogen and oxygen atoms in total. The normalized spacial score (nSPS) is 40.5. The molecule has 6 rings (SSSR count). The first-order valence-electron chi connectivity index (χ1n) is 17.5. The zero-order valence-electron chi connectivity index (χ0n) is 31.1. The molecular weight excluding hydrogens is 680 g/mol. The van der Waals surface area contributed by atoms with Crippen molar-refractivity contribution in [1.29, 1.82) is 0 Å². The monoisotopic (exact) mass is 728 g/mol. The second kappa shape index (κ2) is 12.0. The van der Waals surface area contributed by atoms with E-state index >= 15 is 0 Å². The Morgan fingerprint density at radius 3 is 2.25 bits per heavy atom. The van der Waals surface area contributed by atoms with Crippen molar-refractivity contribution >= 4 is 29.8 Å². The van der Waals surface area contributed by atoms with E-state index in [1.165, 1.54) is 31.6 Å². The molecule has 0 radical (unpaired) electrons. The molecule has 1 aromatic heterocycles. The van der Waals surface area contributed by atoms with Crippen LogP contribution >= 0.6 is 0 Å². The second-order valence-corrected chi connectivity index (χ2v) is 16.2. The number of aliphatic hydroxyl groups is 2. The molecule has 2 saturated carbocycles. The molecule has 2 bridgehead atoms. The van der Waals surface area contributed by atoms with Crippen LogP contribution in [-0.2, 0) is 52.4 Å². The maximum Gasteiger partial charge on any atom is 0.347 e. The molecule has 4 heterocycles. The predicted molar refractivity (Wildman–Crippen MR) is 177 cm³/mol. The smallest absolute Gasteiger partial charge is 0.347 e. The lowest BCUT2D eigenvalue weighted by atomic mass is 9.36. The van der Waals surface area contributed by atoms with Gasteiger partial charge in [-0.3, -0.25) is 9.59 Å². The molecule has 3 aliphatic heterocycles. The zero-order valence-corrected chi connectivity index (χ0v) is 31.1. The number of ether oxygens (including phenoxy) is 6. The van der Waals surface area contributed by atoms with Crippen molar-refractivity contribution in [3.63, 3.8) is 0 Å². The molecule has 2 saturated heterocycles. The molecule has 2 aliphatic carbocycles. The maximum absolute atomic E-state index is 13.7. The van der Waals surface area contributed by atoms with E-state index < -0.39 is 105 Å². The molecule has 0 unspecified atom stereocenters. The molecule has 284 valence electrons. The largest absolute Gasteiger partial charge is 0.472 e. The fourth-order valence-electron chi connectivity index (χ4n) is 10.6. The number of carbonyl (C=O) groups is 5. The highest BCUT2D eigenvalue weighted by Gasteiger charge is 2.97. The van der Waals surface area contributed by atoms with E-state index in [9.17, 15) is 34.2 Å². The lowest BCUT2D eigenvalue weighted by Crippen LogP contribution is -2.85. The van der Waals surface area contributed by atoms with E-state index in [4.69, 9.17) is 32.8 Å². The van der Waals surface area contributed by atoms with Crippen LogP contribution in [0.3, 0.4) is 0 Å². The summed E-state index contributed by atoms with van der Waals surface area (Å²) in [7, 11) is 1.12. The third-order valence-corrected chi connectivity index (χ3v) is 12.8. The van der Waals surface area contributed by atoms with Crippen LogP contribution in [0.15, 0.2) is 46.3 Å². The molecule has 1 spiro atoms. The van der Waals surface area contributed by atoms with Crippen LogP contribution in [0.5, 0.6) is 0 Å². The van der Waals surface area contributed by atoms with Gasteiger partial charge < -0.3 is 43.1 Å². The number of esters is 5. The number of hydrogen-bond acceptors (Lipinski definition) is 14. The minimum absolute atomic E-state index is 0.155. The average molecular weight is 729 g/mol. The number of rotatable bonds is 8. The topological polar surface area (TPSA) is 194 Å². The van der Waals surface area contributed by atoms with Crippen molar-refractivity contribution in [1.82, 2.24) is 0 Å². The van der Waals surface area contributed by atoms with Gasteiger partial charge >= 0.3 is 29.8 Å². The molecule has 2 N–H and O–H groups in total. The molecule has 14 heteroatoms. The molecule has 52 heavy (non-hydrogen) atoms. The predicted octanol–water partition coefficient (Wildman–Crippen LogP) is 3.64. The second-order valence-electron chi connectivity index (χ2n) is 16.2. The summed E-state index contributed by atoms with van der Waals surface area (Å²) in [4.78, 5) is 67.4. The van der Waals surface area contributed by atoms with E-state index in [2.05, 4.69) is 0 Å². The van der Waals surface area contributed by atoms with E-state index in [1.54, 1.807) is 47.6 Å². The molecule has 1 aromatic rings. The van der Waals surface area contributed by atoms with Gasteiger partial charge in [-0.15, -0.1) is 0 Å². The molecule has 0 amide bonds. The first-order chi connectivity index (χ1) is 24.1. The fraction of sp³-hybridized carbons (Fsp3) is 0.658. The first-order valence-corrected chi connectivity index (χ1v) is 17.5. The van der Waals surface area contributed by atoms with Crippen molar-refractivity contribution in [3.05, 3.63) is 47.5 Å². The number of allylic oxidation sites excluding steroid dienone is 1. The quantitative estimate of drug-likeness (QED) is 0.224. The Labute approximate surface area is 301 Å². The third kappa shape index (κ3) is 4.55. The Hall–Kier alpha value is -4.01. The Morgan fingerprint density at radius 1 is 1.02 bits per heavy atom. The van der Waals surface area contributed by atoms with Crippen LogP contribution in [0.1, 0.15) is 86.8 Å². The number of methoxy groups -OCH3 is 1. The fourth-order valence-corrected chi connectivity index (χ4v) is 10.6. The summed E-state index contributed by atoms with van der Waals surface area (Å²) in [5.74, 6) is -9.86. The zero-order chi connectivity index (χ0) is 38.6. The summed E-state index contributed by atoms with van der Waals surface area (Å²) < 4.78 is 41.5. The summed E-state index contributed by atoms with van der Waals surface area (Å²) in [6, 6.07) is 1.66. The maximum atomic E-state index is 13.7. The Bertz CT molecular complexity index is 1760. The minimum atomic E-state index is -2.77. The summed E-state index contributed by atoms with van der Waals surface area (Å²) in [5.41, 5.74) is -8.11. The van der Waals surface area contributed by atoms with Crippen LogP contribution < -0.4 is 0 Å². The number of cyclic esters (lactones) is 1. The summed E-state index contributed by atoms with van der Waals surface area (Å²) in [6.07, 6.45) is 0.00576. The van der Waals surface area contributed by atoms with Gasteiger partial charge in [0, 0.05) is 52.2 Å².